The van der Waals surface area contributed by atoms with Crippen LogP contribution in [0, 0.1) is 0 Å². The standard InChI is InChI=1S/C17H18N4O4/c1-20-14(17(24)25-19-20)11-13(16(23)21-9-5-6-10-21)18-15(22)12-7-3-2-4-8-12/h2-4,7-8,11,19H,5-6,9-10H2,1H3/b14-11-,18-13?. The first kappa shape index (κ1) is 16.8. The fourth-order valence-corrected chi connectivity index (χ4v) is 2.61. The zero-order chi connectivity index (χ0) is 17.8. The molecule has 0 atom stereocenters. The highest BCUT2D eigenvalue weighted by Crippen LogP contribution is 2.13. The highest BCUT2D eigenvalue weighted by molar-refractivity contribution is 6.45. The van der Waals surface area contributed by atoms with Crippen molar-refractivity contribution in [3.05, 3.63) is 47.7 Å². The van der Waals surface area contributed by atoms with Gasteiger partial charge in [0.05, 0.1) is 0 Å². The third kappa shape index (κ3) is 3.74. The van der Waals surface area contributed by atoms with Crippen molar-refractivity contribution in [2.45, 2.75) is 12.8 Å². The van der Waals surface area contributed by atoms with E-state index in [2.05, 4.69) is 15.4 Å². The van der Waals surface area contributed by atoms with Crippen LogP contribution in [0.1, 0.15) is 23.2 Å². The van der Waals surface area contributed by atoms with Crippen molar-refractivity contribution < 1.29 is 19.2 Å². The van der Waals surface area contributed by atoms with E-state index in [4.69, 9.17) is 0 Å². The number of carbonyl (C=O) groups excluding carboxylic acids is 3. The van der Waals surface area contributed by atoms with Crippen molar-refractivity contribution in [1.82, 2.24) is 15.5 Å². The maximum Gasteiger partial charge on any atom is 0.376 e. The minimum atomic E-state index is -0.642. The summed E-state index contributed by atoms with van der Waals surface area (Å²) in [6, 6.07) is 8.46. The van der Waals surface area contributed by atoms with Crippen LogP contribution >= 0.6 is 0 Å². The third-order valence-electron chi connectivity index (χ3n) is 3.97. The highest BCUT2D eigenvalue weighted by Gasteiger charge is 2.29. The van der Waals surface area contributed by atoms with Gasteiger partial charge in [0.2, 0.25) is 0 Å². The number of aliphatic imine (C=N–C) groups is 1. The Kier molecular flexibility index (Phi) is 4.90. The maximum absolute atomic E-state index is 12.7. The molecule has 2 saturated heterocycles. The zero-order valence-corrected chi connectivity index (χ0v) is 13.8. The fraction of sp³-hybridized carbons (Fsp3) is 0.294. The number of hydrogen-bond acceptors (Lipinski definition) is 6. The summed E-state index contributed by atoms with van der Waals surface area (Å²) >= 11 is 0. The van der Waals surface area contributed by atoms with Crippen molar-refractivity contribution in [2.75, 3.05) is 20.1 Å². The fourth-order valence-electron chi connectivity index (χ4n) is 2.61. The van der Waals surface area contributed by atoms with Gasteiger partial charge in [-0.2, -0.15) is 0 Å². The van der Waals surface area contributed by atoms with E-state index in [-0.39, 0.29) is 17.3 Å². The summed E-state index contributed by atoms with van der Waals surface area (Å²) in [5, 5.41) is 1.32. The molecule has 0 aliphatic carbocycles. The lowest BCUT2D eigenvalue weighted by Gasteiger charge is -2.15. The second kappa shape index (κ2) is 7.27. The molecule has 0 spiro atoms. The predicted molar refractivity (Wildman–Crippen MR) is 89.1 cm³/mol. The predicted octanol–water partition coefficient (Wildman–Crippen LogP) is 0.682. The number of amides is 2. The van der Waals surface area contributed by atoms with E-state index in [0.29, 0.717) is 18.7 Å². The molecule has 2 fully saturated rings. The quantitative estimate of drug-likeness (QED) is 0.642. The Bertz CT molecular complexity index is 751. The van der Waals surface area contributed by atoms with Crippen molar-refractivity contribution in [3.8, 4) is 0 Å². The number of hydrazine groups is 1. The van der Waals surface area contributed by atoms with Gasteiger partial charge in [0, 0.05) is 31.8 Å². The summed E-state index contributed by atoms with van der Waals surface area (Å²) in [5.74, 6) is -1.55. The summed E-state index contributed by atoms with van der Waals surface area (Å²) in [6.45, 7) is 1.22. The van der Waals surface area contributed by atoms with Gasteiger partial charge in [0.1, 0.15) is 11.4 Å². The van der Waals surface area contributed by atoms with E-state index < -0.39 is 11.9 Å². The van der Waals surface area contributed by atoms with E-state index in [1.807, 2.05) is 0 Å². The number of rotatable bonds is 3. The van der Waals surface area contributed by atoms with Crippen LogP contribution in [-0.2, 0) is 14.4 Å². The molecule has 1 aromatic carbocycles. The van der Waals surface area contributed by atoms with Crippen molar-refractivity contribution in [3.63, 3.8) is 0 Å². The van der Waals surface area contributed by atoms with Gasteiger partial charge in [-0.25, -0.2) is 9.79 Å². The number of likely N-dealkylation sites (N-methyl/N-ethyl adjacent to an activating group) is 1. The van der Waals surface area contributed by atoms with Crippen LogP contribution in [0.25, 0.3) is 0 Å². The summed E-state index contributed by atoms with van der Waals surface area (Å²) in [6.07, 6.45) is 3.10. The van der Waals surface area contributed by atoms with Crippen LogP contribution in [0.2, 0.25) is 0 Å². The SMILES string of the molecule is CN1NOC(=O)/C1=C/C(=NC(=O)c1ccccc1)C(=O)N1CCCC1. The number of benzene rings is 1. The van der Waals surface area contributed by atoms with Gasteiger partial charge in [-0.15, -0.1) is 0 Å². The second-order valence-electron chi connectivity index (χ2n) is 5.74. The third-order valence-corrected chi connectivity index (χ3v) is 3.97. The van der Waals surface area contributed by atoms with Gasteiger partial charge in [-0.3, -0.25) is 14.6 Å². The second-order valence-corrected chi connectivity index (χ2v) is 5.74. The average Bonchev–Trinajstić information content (AvgIpc) is 3.27. The first-order valence-corrected chi connectivity index (χ1v) is 7.96. The number of nitrogens with one attached hydrogen (secondary N) is 1. The van der Waals surface area contributed by atoms with Crippen molar-refractivity contribution in [1.29, 1.82) is 0 Å². The molecule has 2 aliphatic heterocycles. The zero-order valence-electron chi connectivity index (χ0n) is 13.8. The number of nitrogens with zero attached hydrogens (tertiary/aromatic N) is 3. The largest absolute Gasteiger partial charge is 0.376 e. The molecule has 2 aliphatic rings. The number of carbonyl (C=O) groups is 3. The summed E-state index contributed by atoms with van der Waals surface area (Å²) < 4.78 is 0. The van der Waals surface area contributed by atoms with Gasteiger partial charge in [0.15, 0.2) is 0 Å². The molecule has 8 nitrogen and oxygen atoms in total. The van der Waals surface area contributed by atoms with Crippen LogP contribution < -0.4 is 5.59 Å². The van der Waals surface area contributed by atoms with E-state index >= 15 is 0 Å². The summed E-state index contributed by atoms with van der Waals surface area (Å²) in [5.41, 5.74) is 2.76. The molecule has 130 valence electrons. The number of hydrogen-bond donors (Lipinski definition) is 1. The maximum atomic E-state index is 12.7. The van der Waals surface area contributed by atoms with Crippen LogP contribution in [0.5, 0.6) is 0 Å². The van der Waals surface area contributed by atoms with E-state index in [9.17, 15) is 14.4 Å². The summed E-state index contributed by atoms with van der Waals surface area (Å²) in [7, 11) is 1.56. The van der Waals surface area contributed by atoms with Crippen molar-refractivity contribution >= 4 is 23.5 Å². The van der Waals surface area contributed by atoms with Crippen LogP contribution in [0.3, 0.4) is 0 Å². The molecule has 0 radical (unpaired) electrons. The Hall–Kier alpha value is -3.00. The molecule has 0 unspecified atom stereocenters. The Morgan fingerprint density at radius 1 is 1.20 bits per heavy atom. The molecule has 3 rings (SSSR count). The molecular formula is C17H18N4O4. The van der Waals surface area contributed by atoms with E-state index in [1.54, 1.807) is 42.3 Å². The van der Waals surface area contributed by atoms with E-state index in [1.165, 1.54) is 11.1 Å². The smallest absolute Gasteiger partial charge is 0.345 e. The molecule has 0 saturated carbocycles. The number of likely N-dealkylation sites (tertiary alicyclic amines) is 1. The molecule has 0 aromatic heterocycles. The molecule has 1 aromatic rings. The molecule has 2 amide bonds. The Morgan fingerprint density at radius 3 is 2.48 bits per heavy atom. The average molecular weight is 342 g/mol. The Labute approximate surface area is 144 Å². The molecule has 2 heterocycles. The molecule has 8 heteroatoms. The minimum absolute atomic E-state index is 0.0850. The van der Waals surface area contributed by atoms with Gasteiger partial charge >= 0.3 is 5.97 Å². The van der Waals surface area contributed by atoms with Crippen LogP contribution in [-0.4, -0.2) is 53.5 Å². The minimum Gasteiger partial charge on any atom is -0.345 e. The lowest BCUT2D eigenvalue weighted by atomic mass is 10.2. The first-order chi connectivity index (χ1) is 12.1. The van der Waals surface area contributed by atoms with Gasteiger partial charge in [-0.05, 0) is 25.0 Å². The van der Waals surface area contributed by atoms with Gasteiger partial charge in [0.25, 0.3) is 11.8 Å². The lowest BCUT2D eigenvalue weighted by Crippen LogP contribution is -2.34. The van der Waals surface area contributed by atoms with Crippen LogP contribution in [0.4, 0.5) is 0 Å². The Morgan fingerprint density at radius 2 is 1.88 bits per heavy atom. The molecule has 1 N–H and O–H groups in total. The first-order valence-electron chi connectivity index (χ1n) is 7.96. The van der Waals surface area contributed by atoms with Crippen molar-refractivity contribution in [2.24, 2.45) is 4.99 Å². The van der Waals surface area contributed by atoms with Gasteiger partial charge in [-0.1, -0.05) is 23.8 Å². The molecular weight excluding hydrogens is 324 g/mol. The van der Waals surface area contributed by atoms with E-state index in [0.717, 1.165) is 12.8 Å². The Balaban J connectivity index is 1.95. The normalized spacial score (nSPS) is 19.5. The van der Waals surface area contributed by atoms with Gasteiger partial charge < -0.3 is 9.74 Å². The lowest BCUT2D eigenvalue weighted by molar-refractivity contribution is -0.142. The molecule has 0 bridgehead atoms. The topological polar surface area (TPSA) is 91.3 Å². The monoisotopic (exact) mass is 342 g/mol. The van der Waals surface area contributed by atoms with Crippen LogP contribution in [0.15, 0.2) is 47.1 Å². The summed E-state index contributed by atoms with van der Waals surface area (Å²) in [4.78, 5) is 47.1. The highest BCUT2D eigenvalue weighted by atomic mass is 16.7. The molecule has 25 heavy (non-hydrogen) atoms.